The minimum Gasteiger partial charge on any atom is -0.381 e. The average Bonchev–Trinajstić information content (AvgIpc) is 2.69. The van der Waals surface area contributed by atoms with Crippen molar-refractivity contribution in [3.05, 3.63) is 30.1 Å². The lowest BCUT2D eigenvalue weighted by Gasteiger charge is -2.26. The predicted octanol–water partition coefficient (Wildman–Crippen LogP) is 2.14. The number of amides is 1. The van der Waals surface area contributed by atoms with Gasteiger partial charge >= 0.3 is 0 Å². The van der Waals surface area contributed by atoms with Gasteiger partial charge in [0.15, 0.2) is 5.96 Å². The van der Waals surface area contributed by atoms with Crippen LogP contribution in [-0.4, -0.2) is 68.2 Å². The number of nitrogens with one attached hydrogen (secondary N) is 2. The van der Waals surface area contributed by atoms with E-state index in [0.29, 0.717) is 18.7 Å². The zero-order chi connectivity index (χ0) is 18.6. The van der Waals surface area contributed by atoms with Gasteiger partial charge in [0.1, 0.15) is 0 Å². The molecule has 2 heterocycles. The van der Waals surface area contributed by atoms with Crippen LogP contribution in [0.15, 0.2) is 29.5 Å². The molecule has 2 rings (SSSR count). The van der Waals surface area contributed by atoms with E-state index in [4.69, 9.17) is 4.74 Å². The molecule has 1 fully saturated rings. The van der Waals surface area contributed by atoms with Gasteiger partial charge in [-0.25, -0.2) is 0 Å². The van der Waals surface area contributed by atoms with Crippen molar-refractivity contribution < 1.29 is 9.53 Å². The van der Waals surface area contributed by atoms with Crippen LogP contribution >= 0.6 is 24.0 Å². The molecule has 8 heteroatoms. The Kier molecular flexibility index (Phi) is 12.0. The number of rotatable bonds is 8. The van der Waals surface area contributed by atoms with Crippen LogP contribution < -0.4 is 10.6 Å². The largest absolute Gasteiger partial charge is 0.381 e. The Labute approximate surface area is 179 Å². The van der Waals surface area contributed by atoms with Crippen molar-refractivity contribution in [2.75, 3.05) is 46.4 Å². The molecule has 0 unspecified atom stereocenters. The topological polar surface area (TPSA) is 78.8 Å². The summed E-state index contributed by atoms with van der Waals surface area (Å²) >= 11 is 0. The standard InChI is InChI=1S/C19H31N5O2.HI/c1-3-21-19(24(2)12-6-16-7-13-26-14-8-16)23-11-10-22-18(25)17-5-4-9-20-15-17;/h4-5,9,15-16H,3,6-8,10-14H2,1-2H3,(H,21,23)(H,22,25);1H. The smallest absolute Gasteiger partial charge is 0.252 e. The maximum absolute atomic E-state index is 12.0. The van der Waals surface area contributed by atoms with Gasteiger partial charge in [0.2, 0.25) is 0 Å². The van der Waals surface area contributed by atoms with Gasteiger partial charge in [0, 0.05) is 52.3 Å². The van der Waals surface area contributed by atoms with Crippen molar-refractivity contribution in [3.63, 3.8) is 0 Å². The first-order valence-electron chi connectivity index (χ1n) is 9.46. The summed E-state index contributed by atoms with van der Waals surface area (Å²) in [5.41, 5.74) is 0.567. The van der Waals surface area contributed by atoms with Gasteiger partial charge in [0.25, 0.3) is 5.91 Å². The molecular formula is C19H32IN5O2. The van der Waals surface area contributed by atoms with E-state index < -0.39 is 0 Å². The first-order valence-corrected chi connectivity index (χ1v) is 9.46. The molecule has 0 radical (unpaired) electrons. The minimum atomic E-state index is -0.119. The predicted molar refractivity (Wildman–Crippen MR) is 119 cm³/mol. The van der Waals surface area contributed by atoms with E-state index >= 15 is 0 Å². The SMILES string of the molecule is CCNC(=NCCNC(=O)c1cccnc1)N(C)CCC1CCOCC1.I. The molecule has 0 bridgehead atoms. The Morgan fingerprint density at radius 2 is 2.15 bits per heavy atom. The molecule has 1 aliphatic rings. The summed E-state index contributed by atoms with van der Waals surface area (Å²) in [7, 11) is 2.06. The lowest BCUT2D eigenvalue weighted by atomic mass is 9.96. The lowest BCUT2D eigenvalue weighted by molar-refractivity contribution is 0.0625. The second-order valence-electron chi connectivity index (χ2n) is 6.50. The van der Waals surface area contributed by atoms with Crippen molar-refractivity contribution in [1.82, 2.24) is 20.5 Å². The molecule has 0 atom stereocenters. The van der Waals surface area contributed by atoms with Crippen LogP contribution in [0.2, 0.25) is 0 Å². The molecular weight excluding hydrogens is 457 g/mol. The maximum Gasteiger partial charge on any atom is 0.252 e. The van der Waals surface area contributed by atoms with Crippen molar-refractivity contribution in [2.45, 2.75) is 26.2 Å². The normalized spacial score (nSPS) is 15.0. The summed E-state index contributed by atoms with van der Waals surface area (Å²) in [5, 5.41) is 6.19. The number of aliphatic imine (C=N–C) groups is 1. The molecule has 1 amide bonds. The fourth-order valence-electron chi connectivity index (χ4n) is 2.92. The van der Waals surface area contributed by atoms with Crippen molar-refractivity contribution >= 4 is 35.8 Å². The molecule has 2 N–H and O–H groups in total. The quantitative estimate of drug-likeness (QED) is 0.253. The summed E-state index contributed by atoms with van der Waals surface area (Å²) in [6.07, 6.45) is 6.68. The molecule has 0 aliphatic carbocycles. The van der Waals surface area contributed by atoms with Gasteiger partial charge in [-0.1, -0.05) is 0 Å². The molecule has 1 aromatic heterocycles. The van der Waals surface area contributed by atoms with Gasteiger partial charge in [0.05, 0.1) is 12.1 Å². The number of guanidine groups is 1. The molecule has 152 valence electrons. The summed E-state index contributed by atoms with van der Waals surface area (Å²) < 4.78 is 5.42. The summed E-state index contributed by atoms with van der Waals surface area (Å²) in [6, 6.07) is 3.50. The highest BCUT2D eigenvalue weighted by Gasteiger charge is 2.15. The minimum absolute atomic E-state index is 0. The molecule has 0 spiro atoms. The average molecular weight is 489 g/mol. The summed E-state index contributed by atoms with van der Waals surface area (Å²) in [5.74, 6) is 1.51. The fraction of sp³-hybridized carbons (Fsp3) is 0.632. The monoisotopic (exact) mass is 489 g/mol. The molecule has 0 aromatic carbocycles. The van der Waals surface area contributed by atoms with E-state index in [1.165, 1.54) is 0 Å². The van der Waals surface area contributed by atoms with Crippen LogP contribution in [0, 0.1) is 5.92 Å². The van der Waals surface area contributed by atoms with E-state index in [0.717, 1.165) is 57.4 Å². The molecule has 0 saturated carbocycles. The third-order valence-corrected chi connectivity index (χ3v) is 4.49. The number of nitrogens with zero attached hydrogens (tertiary/aromatic N) is 3. The van der Waals surface area contributed by atoms with Gasteiger partial charge in [-0.05, 0) is 44.2 Å². The van der Waals surface area contributed by atoms with E-state index in [2.05, 4.69) is 39.5 Å². The van der Waals surface area contributed by atoms with Crippen LogP contribution in [0.25, 0.3) is 0 Å². The van der Waals surface area contributed by atoms with Gasteiger partial charge in [-0.2, -0.15) is 0 Å². The Bertz CT molecular complexity index is 564. The number of aromatic nitrogens is 1. The van der Waals surface area contributed by atoms with Gasteiger partial charge in [-0.3, -0.25) is 14.8 Å². The van der Waals surface area contributed by atoms with Crippen LogP contribution in [0.1, 0.15) is 36.5 Å². The third kappa shape index (κ3) is 8.87. The van der Waals surface area contributed by atoms with E-state index in [1.807, 2.05) is 0 Å². The number of ether oxygens (including phenoxy) is 1. The van der Waals surface area contributed by atoms with Gasteiger partial charge < -0.3 is 20.3 Å². The number of carbonyl (C=O) groups is 1. The highest BCUT2D eigenvalue weighted by molar-refractivity contribution is 14.0. The Morgan fingerprint density at radius 3 is 2.81 bits per heavy atom. The zero-order valence-electron chi connectivity index (χ0n) is 16.3. The third-order valence-electron chi connectivity index (χ3n) is 4.49. The van der Waals surface area contributed by atoms with Crippen LogP contribution in [0.3, 0.4) is 0 Å². The number of pyridine rings is 1. The molecule has 7 nitrogen and oxygen atoms in total. The van der Waals surface area contributed by atoms with Crippen LogP contribution in [-0.2, 0) is 4.74 Å². The Balaban J connectivity index is 0.00000364. The zero-order valence-corrected chi connectivity index (χ0v) is 18.6. The lowest BCUT2D eigenvalue weighted by Crippen LogP contribution is -2.40. The van der Waals surface area contributed by atoms with Crippen molar-refractivity contribution in [1.29, 1.82) is 0 Å². The summed E-state index contributed by atoms with van der Waals surface area (Å²) in [4.78, 5) is 22.7. The second kappa shape index (κ2) is 13.7. The van der Waals surface area contributed by atoms with E-state index in [1.54, 1.807) is 24.5 Å². The molecule has 1 aliphatic heterocycles. The number of hydrogen-bond donors (Lipinski definition) is 2. The highest BCUT2D eigenvalue weighted by atomic mass is 127. The van der Waals surface area contributed by atoms with Crippen molar-refractivity contribution in [3.8, 4) is 0 Å². The van der Waals surface area contributed by atoms with Gasteiger partial charge in [-0.15, -0.1) is 24.0 Å². The molecule has 1 saturated heterocycles. The number of hydrogen-bond acceptors (Lipinski definition) is 4. The first-order chi connectivity index (χ1) is 12.7. The van der Waals surface area contributed by atoms with E-state index in [9.17, 15) is 4.79 Å². The molecule has 27 heavy (non-hydrogen) atoms. The fourth-order valence-corrected chi connectivity index (χ4v) is 2.92. The first kappa shape index (κ1) is 23.6. The highest BCUT2D eigenvalue weighted by Crippen LogP contribution is 2.18. The van der Waals surface area contributed by atoms with E-state index in [-0.39, 0.29) is 29.9 Å². The van der Waals surface area contributed by atoms with Crippen LogP contribution in [0.5, 0.6) is 0 Å². The number of carbonyl (C=O) groups excluding carboxylic acids is 1. The number of halogens is 1. The van der Waals surface area contributed by atoms with Crippen molar-refractivity contribution in [2.24, 2.45) is 10.9 Å². The second-order valence-corrected chi connectivity index (χ2v) is 6.50. The summed E-state index contributed by atoms with van der Waals surface area (Å²) in [6.45, 7) is 6.66. The Morgan fingerprint density at radius 1 is 1.37 bits per heavy atom. The Hall–Kier alpha value is -1.42. The van der Waals surface area contributed by atoms with Crippen LogP contribution in [0.4, 0.5) is 0 Å². The maximum atomic E-state index is 12.0. The molecule has 1 aromatic rings.